The number of likely N-dealkylation sites (tertiary alicyclic amines) is 1. The normalized spacial score (nSPS) is 17.5. The smallest absolute Gasteiger partial charge is 0.269 e. The Hall–Kier alpha value is -2.41. The van der Waals surface area contributed by atoms with E-state index in [0.29, 0.717) is 26.1 Å². The third-order valence-corrected chi connectivity index (χ3v) is 7.00. The van der Waals surface area contributed by atoms with Crippen LogP contribution in [-0.2, 0) is 14.8 Å². The number of rotatable bonds is 7. The molecule has 0 saturated carbocycles. The zero-order valence-corrected chi connectivity index (χ0v) is 17.7. The second kappa shape index (κ2) is 10.4. The van der Waals surface area contributed by atoms with Crippen molar-refractivity contribution >= 4 is 21.8 Å². The highest BCUT2D eigenvalue weighted by Gasteiger charge is 2.28. The Morgan fingerprint density at radius 1 is 1.24 bits per heavy atom. The number of nitrogens with zero attached hydrogens (tertiary/aromatic N) is 2. The van der Waals surface area contributed by atoms with Gasteiger partial charge in [-0.3, -0.25) is 25.3 Å². The van der Waals surface area contributed by atoms with Gasteiger partial charge in [-0.1, -0.05) is 32.3 Å². The number of hydrogen-bond acceptors (Lipinski definition) is 5. The van der Waals surface area contributed by atoms with E-state index in [9.17, 15) is 18.0 Å². The highest BCUT2D eigenvalue weighted by atomic mass is 32.2. The third-order valence-electron chi connectivity index (χ3n) is 4.95. The maximum Gasteiger partial charge on any atom is 0.269 e. The molecule has 1 aliphatic rings. The molecule has 8 nitrogen and oxygen atoms in total. The van der Waals surface area contributed by atoms with Crippen LogP contribution < -0.4 is 10.9 Å². The summed E-state index contributed by atoms with van der Waals surface area (Å²) in [6.07, 6.45) is 7.93. The van der Waals surface area contributed by atoms with Crippen molar-refractivity contribution in [2.75, 3.05) is 26.2 Å². The topological polar surface area (TPSA) is 98.8 Å². The van der Waals surface area contributed by atoms with E-state index in [2.05, 4.69) is 16.8 Å². The predicted octanol–water partition coefficient (Wildman–Crippen LogP) is 0.966. The number of carbonyl (C=O) groups is 2. The van der Waals surface area contributed by atoms with Crippen LogP contribution in [0.2, 0.25) is 0 Å². The highest BCUT2D eigenvalue weighted by Crippen LogP contribution is 2.18. The molecule has 1 aliphatic heterocycles. The van der Waals surface area contributed by atoms with Gasteiger partial charge < -0.3 is 0 Å². The summed E-state index contributed by atoms with van der Waals surface area (Å²) >= 11 is 0. The minimum atomic E-state index is -3.68. The Kier molecular flexibility index (Phi) is 8.20. The second-order valence-electron chi connectivity index (χ2n) is 6.75. The molecule has 29 heavy (non-hydrogen) atoms. The summed E-state index contributed by atoms with van der Waals surface area (Å²) in [4.78, 5) is 26.9. The van der Waals surface area contributed by atoms with Crippen molar-refractivity contribution in [1.29, 1.82) is 0 Å². The van der Waals surface area contributed by atoms with Crippen LogP contribution >= 0.6 is 0 Å². The monoisotopic (exact) mass is 420 g/mol. The Morgan fingerprint density at radius 2 is 1.97 bits per heavy atom. The maximum absolute atomic E-state index is 12.6. The van der Waals surface area contributed by atoms with Crippen LogP contribution in [0.1, 0.15) is 43.5 Å². The number of hydrogen-bond donors (Lipinski definition) is 2. The molecule has 2 rings (SSSR count). The molecule has 0 bridgehead atoms. The van der Waals surface area contributed by atoms with E-state index in [1.165, 1.54) is 28.6 Å². The van der Waals surface area contributed by atoms with Gasteiger partial charge in [0, 0.05) is 18.7 Å². The average Bonchev–Trinajstić information content (AvgIpc) is 2.73. The van der Waals surface area contributed by atoms with Crippen molar-refractivity contribution in [2.24, 2.45) is 0 Å². The maximum atomic E-state index is 12.6. The molecule has 0 aromatic heterocycles. The number of terminal acetylenes is 1. The van der Waals surface area contributed by atoms with Gasteiger partial charge in [-0.15, -0.1) is 6.42 Å². The molecule has 2 amide bonds. The summed E-state index contributed by atoms with van der Waals surface area (Å²) in [6, 6.07) is 5.36. The summed E-state index contributed by atoms with van der Waals surface area (Å²) in [7, 11) is -3.68. The van der Waals surface area contributed by atoms with Crippen LogP contribution in [0, 0.1) is 12.3 Å². The van der Waals surface area contributed by atoms with Crippen LogP contribution in [-0.4, -0.2) is 61.7 Å². The molecule has 0 radical (unpaired) electrons. The molecule has 1 heterocycles. The second-order valence-corrected chi connectivity index (χ2v) is 8.68. The Bertz CT molecular complexity index is 875. The van der Waals surface area contributed by atoms with E-state index in [0.717, 1.165) is 19.4 Å². The number of nitrogens with one attached hydrogen (secondary N) is 2. The molecular formula is C20H28N4O4S. The zero-order valence-electron chi connectivity index (χ0n) is 16.8. The summed E-state index contributed by atoms with van der Waals surface area (Å²) < 4.78 is 26.6. The number of hydrazine groups is 1. The number of carbonyl (C=O) groups excluding carboxylic acids is 2. The number of sulfonamides is 1. The molecule has 1 saturated heterocycles. The van der Waals surface area contributed by atoms with Gasteiger partial charge in [0.25, 0.3) is 11.8 Å². The first-order valence-corrected chi connectivity index (χ1v) is 11.2. The lowest BCUT2D eigenvalue weighted by Gasteiger charge is -2.33. The fourth-order valence-corrected chi connectivity index (χ4v) is 4.88. The Labute approximate surface area is 172 Å². The average molecular weight is 421 g/mol. The summed E-state index contributed by atoms with van der Waals surface area (Å²) in [5, 5.41) is 0. The molecule has 1 atom stereocenters. The van der Waals surface area contributed by atoms with Gasteiger partial charge in [-0.2, -0.15) is 4.31 Å². The van der Waals surface area contributed by atoms with Gasteiger partial charge in [0.1, 0.15) is 0 Å². The van der Waals surface area contributed by atoms with Gasteiger partial charge in [0.05, 0.1) is 17.5 Å². The molecule has 1 aromatic carbocycles. The van der Waals surface area contributed by atoms with E-state index >= 15 is 0 Å². The lowest BCUT2D eigenvalue weighted by Crippen LogP contribution is -2.54. The highest BCUT2D eigenvalue weighted by molar-refractivity contribution is 7.89. The fraction of sp³-hybridized carbons (Fsp3) is 0.500. The number of benzene rings is 1. The Balaban J connectivity index is 2.06. The molecule has 1 unspecified atom stereocenters. The largest absolute Gasteiger partial charge is 0.281 e. The molecule has 2 N–H and O–H groups in total. The van der Waals surface area contributed by atoms with Crippen LogP contribution in [0.4, 0.5) is 0 Å². The zero-order chi connectivity index (χ0) is 21.4. The van der Waals surface area contributed by atoms with Crippen molar-refractivity contribution in [3.8, 4) is 12.3 Å². The first kappa shape index (κ1) is 22.9. The van der Waals surface area contributed by atoms with Crippen molar-refractivity contribution in [3.05, 3.63) is 29.8 Å². The molecule has 1 aromatic rings. The van der Waals surface area contributed by atoms with Gasteiger partial charge in [0.2, 0.25) is 10.0 Å². The third kappa shape index (κ3) is 5.56. The Morgan fingerprint density at radius 3 is 2.62 bits per heavy atom. The van der Waals surface area contributed by atoms with E-state index in [1.807, 2.05) is 4.90 Å². The van der Waals surface area contributed by atoms with Gasteiger partial charge in [0.15, 0.2) is 0 Å². The lowest BCUT2D eigenvalue weighted by molar-refractivity contribution is -0.128. The van der Waals surface area contributed by atoms with Crippen LogP contribution in [0.3, 0.4) is 0 Å². The van der Waals surface area contributed by atoms with Crippen LogP contribution in [0.15, 0.2) is 29.2 Å². The molecule has 0 aliphatic carbocycles. The SMILES string of the molecule is C#CCN1CCCCC1C(=O)NNC(=O)c1cccc(S(=O)(=O)N(CC)CC)c1. The van der Waals surface area contributed by atoms with Crippen LogP contribution in [0.5, 0.6) is 0 Å². The van der Waals surface area contributed by atoms with Gasteiger partial charge >= 0.3 is 0 Å². The van der Waals surface area contributed by atoms with E-state index in [4.69, 9.17) is 6.42 Å². The van der Waals surface area contributed by atoms with E-state index < -0.39 is 22.0 Å². The minimum Gasteiger partial charge on any atom is -0.281 e. The standard InChI is InChI=1S/C20H28N4O4S/c1-4-13-23-14-8-7-12-18(23)20(26)22-21-19(25)16-10-9-11-17(15-16)29(27,28)24(5-2)6-3/h1,9-11,15,18H,5-8,12-14H2,2-3H3,(H,21,25)(H,22,26). The molecule has 1 fully saturated rings. The molecular weight excluding hydrogens is 392 g/mol. The summed E-state index contributed by atoms with van der Waals surface area (Å²) in [6.45, 7) is 5.28. The summed E-state index contributed by atoms with van der Waals surface area (Å²) in [5.41, 5.74) is 4.94. The van der Waals surface area contributed by atoms with E-state index in [-0.39, 0.29) is 16.4 Å². The van der Waals surface area contributed by atoms with Crippen LogP contribution in [0.25, 0.3) is 0 Å². The van der Waals surface area contributed by atoms with E-state index in [1.54, 1.807) is 13.8 Å². The molecule has 158 valence electrons. The quantitative estimate of drug-likeness (QED) is 0.506. The first-order chi connectivity index (χ1) is 13.8. The van der Waals surface area contributed by atoms with Crippen molar-refractivity contribution in [2.45, 2.75) is 44.0 Å². The summed E-state index contributed by atoms with van der Waals surface area (Å²) in [5.74, 6) is 1.63. The predicted molar refractivity (Wildman–Crippen MR) is 110 cm³/mol. The van der Waals surface area contributed by atoms with Gasteiger partial charge in [-0.05, 0) is 37.6 Å². The van der Waals surface area contributed by atoms with Crippen molar-refractivity contribution in [3.63, 3.8) is 0 Å². The number of amides is 2. The van der Waals surface area contributed by atoms with Crippen molar-refractivity contribution in [1.82, 2.24) is 20.1 Å². The fourth-order valence-electron chi connectivity index (χ4n) is 3.38. The number of piperidine rings is 1. The van der Waals surface area contributed by atoms with Gasteiger partial charge in [-0.25, -0.2) is 8.42 Å². The molecule has 0 spiro atoms. The molecule has 9 heteroatoms. The first-order valence-electron chi connectivity index (χ1n) is 9.73. The lowest BCUT2D eigenvalue weighted by atomic mass is 10.0. The van der Waals surface area contributed by atoms with Crippen molar-refractivity contribution < 1.29 is 18.0 Å². The minimum absolute atomic E-state index is 0.0349.